The molecule has 0 saturated heterocycles. The molecule has 19 heavy (non-hydrogen) atoms. The Labute approximate surface area is 108 Å². The van der Waals surface area contributed by atoms with E-state index in [2.05, 4.69) is 10.3 Å². The minimum absolute atomic E-state index is 0.0320. The molecule has 1 aromatic carbocycles. The van der Waals surface area contributed by atoms with Gasteiger partial charge in [0.2, 0.25) is 5.95 Å². The number of hydrogen-bond donors (Lipinski definition) is 1. The molecule has 0 amide bonds. The number of nitrogens with zero attached hydrogens (tertiary/aromatic N) is 1. The van der Waals surface area contributed by atoms with Gasteiger partial charge in [-0.15, -0.1) is 0 Å². The summed E-state index contributed by atoms with van der Waals surface area (Å²) in [6.45, 7) is 0.452. The number of ether oxygens (including phenoxy) is 1. The monoisotopic (exact) mass is 268 g/mol. The molecule has 0 bridgehead atoms. The van der Waals surface area contributed by atoms with Crippen molar-refractivity contribution >= 4 is 5.82 Å². The third kappa shape index (κ3) is 3.87. The second-order valence-electron chi connectivity index (χ2n) is 3.70. The fourth-order valence-electron chi connectivity index (χ4n) is 1.44. The average molecular weight is 268 g/mol. The molecule has 0 saturated carbocycles. The Kier molecular flexibility index (Phi) is 4.22. The van der Waals surface area contributed by atoms with Crippen molar-refractivity contribution in [3.05, 3.63) is 54.0 Å². The molecule has 100 valence electrons. The number of halogens is 3. The predicted molar refractivity (Wildman–Crippen MR) is 64.5 cm³/mol. The van der Waals surface area contributed by atoms with Crippen LogP contribution in [0.5, 0.6) is 5.75 Å². The molecule has 1 aromatic heterocycles. The van der Waals surface area contributed by atoms with Crippen molar-refractivity contribution in [2.45, 2.75) is 0 Å². The van der Waals surface area contributed by atoms with Gasteiger partial charge in [-0.2, -0.15) is 4.39 Å². The van der Waals surface area contributed by atoms with Gasteiger partial charge < -0.3 is 10.1 Å². The first-order valence-corrected chi connectivity index (χ1v) is 5.59. The Morgan fingerprint density at radius 1 is 1.11 bits per heavy atom. The minimum atomic E-state index is -0.760. The SMILES string of the molecule is Fc1ccc(OCCNc2cccc(F)n2)c(F)c1. The largest absolute Gasteiger partial charge is 0.489 e. The highest BCUT2D eigenvalue weighted by molar-refractivity contribution is 5.33. The third-order valence-electron chi connectivity index (χ3n) is 2.27. The van der Waals surface area contributed by atoms with Crippen LogP contribution in [-0.2, 0) is 0 Å². The number of anilines is 1. The summed E-state index contributed by atoms with van der Waals surface area (Å²) >= 11 is 0. The van der Waals surface area contributed by atoms with Crippen molar-refractivity contribution in [1.29, 1.82) is 0 Å². The molecule has 2 aromatic rings. The van der Waals surface area contributed by atoms with Crippen LogP contribution in [0.1, 0.15) is 0 Å². The van der Waals surface area contributed by atoms with Gasteiger partial charge in [0.1, 0.15) is 18.2 Å². The highest BCUT2D eigenvalue weighted by Crippen LogP contribution is 2.17. The van der Waals surface area contributed by atoms with Crippen molar-refractivity contribution in [3.8, 4) is 5.75 Å². The topological polar surface area (TPSA) is 34.1 Å². The molecule has 6 heteroatoms. The van der Waals surface area contributed by atoms with Crippen molar-refractivity contribution in [1.82, 2.24) is 4.98 Å². The molecule has 0 aliphatic carbocycles. The number of benzene rings is 1. The van der Waals surface area contributed by atoms with Crippen LogP contribution in [0.25, 0.3) is 0 Å². The van der Waals surface area contributed by atoms with Gasteiger partial charge in [0, 0.05) is 6.07 Å². The van der Waals surface area contributed by atoms with E-state index in [-0.39, 0.29) is 12.4 Å². The van der Waals surface area contributed by atoms with Gasteiger partial charge in [0.15, 0.2) is 11.6 Å². The van der Waals surface area contributed by atoms with E-state index < -0.39 is 17.6 Å². The van der Waals surface area contributed by atoms with Crippen LogP contribution >= 0.6 is 0 Å². The summed E-state index contributed by atoms with van der Waals surface area (Å²) in [5, 5.41) is 2.81. The minimum Gasteiger partial charge on any atom is -0.489 e. The summed E-state index contributed by atoms with van der Waals surface area (Å²) < 4.78 is 43.7. The Bertz CT molecular complexity index is 563. The predicted octanol–water partition coefficient (Wildman–Crippen LogP) is 2.99. The molecule has 3 nitrogen and oxygen atoms in total. The average Bonchev–Trinajstić information content (AvgIpc) is 2.37. The molecule has 0 fully saturated rings. The zero-order valence-electron chi connectivity index (χ0n) is 9.87. The first-order valence-electron chi connectivity index (χ1n) is 5.59. The van der Waals surface area contributed by atoms with Gasteiger partial charge in [-0.1, -0.05) is 6.07 Å². The number of pyridine rings is 1. The van der Waals surface area contributed by atoms with Crippen LogP contribution in [0.4, 0.5) is 19.0 Å². The molecule has 0 unspecified atom stereocenters. The first kappa shape index (κ1) is 13.2. The van der Waals surface area contributed by atoms with E-state index in [0.29, 0.717) is 12.4 Å². The van der Waals surface area contributed by atoms with E-state index in [4.69, 9.17) is 4.74 Å². The lowest BCUT2D eigenvalue weighted by atomic mass is 10.3. The lowest BCUT2D eigenvalue weighted by molar-refractivity contribution is 0.314. The fourth-order valence-corrected chi connectivity index (χ4v) is 1.44. The van der Waals surface area contributed by atoms with E-state index >= 15 is 0 Å². The summed E-state index contributed by atoms with van der Waals surface area (Å²) in [5.74, 6) is -1.68. The first-order chi connectivity index (χ1) is 9.15. The van der Waals surface area contributed by atoms with Crippen LogP contribution in [-0.4, -0.2) is 18.1 Å². The smallest absolute Gasteiger partial charge is 0.214 e. The maximum absolute atomic E-state index is 13.2. The molecule has 1 N–H and O–H groups in total. The van der Waals surface area contributed by atoms with E-state index in [1.807, 2.05) is 0 Å². The van der Waals surface area contributed by atoms with Crippen LogP contribution < -0.4 is 10.1 Å². The van der Waals surface area contributed by atoms with Crippen molar-refractivity contribution in [3.63, 3.8) is 0 Å². The molecule has 0 spiro atoms. The Morgan fingerprint density at radius 3 is 2.68 bits per heavy atom. The van der Waals surface area contributed by atoms with Crippen molar-refractivity contribution < 1.29 is 17.9 Å². The Hall–Kier alpha value is -2.24. The van der Waals surface area contributed by atoms with Crippen LogP contribution in [0.2, 0.25) is 0 Å². The van der Waals surface area contributed by atoms with Crippen LogP contribution in [0.3, 0.4) is 0 Å². The maximum Gasteiger partial charge on any atom is 0.214 e. The molecule has 2 rings (SSSR count). The highest BCUT2D eigenvalue weighted by Gasteiger charge is 2.04. The van der Waals surface area contributed by atoms with Crippen molar-refractivity contribution in [2.75, 3.05) is 18.5 Å². The molecule has 0 aliphatic rings. The van der Waals surface area contributed by atoms with E-state index in [9.17, 15) is 13.2 Å². The van der Waals surface area contributed by atoms with Gasteiger partial charge in [-0.3, -0.25) is 0 Å². The zero-order valence-corrected chi connectivity index (χ0v) is 9.87. The maximum atomic E-state index is 13.2. The molecule has 0 aliphatic heterocycles. The second kappa shape index (κ2) is 6.08. The van der Waals surface area contributed by atoms with Gasteiger partial charge in [-0.25, -0.2) is 13.8 Å². The standard InChI is InChI=1S/C13H11F3N2O/c14-9-4-5-11(10(15)8-9)19-7-6-17-13-3-1-2-12(16)18-13/h1-5,8H,6-7H2,(H,17,18). The summed E-state index contributed by atoms with van der Waals surface area (Å²) in [6, 6.07) is 7.42. The van der Waals surface area contributed by atoms with Crippen molar-refractivity contribution in [2.24, 2.45) is 0 Å². The fraction of sp³-hybridized carbons (Fsp3) is 0.154. The number of rotatable bonds is 5. The van der Waals surface area contributed by atoms with Gasteiger partial charge >= 0.3 is 0 Å². The Morgan fingerprint density at radius 2 is 1.95 bits per heavy atom. The second-order valence-corrected chi connectivity index (χ2v) is 3.70. The molecular weight excluding hydrogens is 257 g/mol. The molecule has 0 atom stereocenters. The molecule has 1 heterocycles. The molecule has 0 radical (unpaired) electrons. The summed E-state index contributed by atoms with van der Waals surface area (Å²) in [7, 11) is 0. The van der Waals surface area contributed by atoms with E-state index in [1.165, 1.54) is 18.2 Å². The molecular formula is C13H11F3N2O. The van der Waals surface area contributed by atoms with Crippen LogP contribution in [0, 0.1) is 17.6 Å². The lowest BCUT2D eigenvalue weighted by Crippen LogP contribution is -2.13. The number of aromatic nitrogens is 1. The van der Waals surface area contributed by atoms with Gasteiger partial charge in [0.05, 0.1) is 6.54 Å². The normalized spacial score (nSPS) is 10.3. The number of hydrogen-bond acceptors (Lipinski definition) is 3. The summed E-state index contributed by atoms with van der Waals surface area (Å²) in [4.78, 5) is 3.59. The van der Waals surface area contributed by atoms with Crippen LogP contribution in [0.15, 0.2) is 36.4 Å². The third-order valence-corrected chi connectivity index (χ3v) is 2.27. The Balaban J connectivity index is 1.81. The summed E-state index contributed by atoms with van der Waals surface area (Å²) in [6.07, 6.45) is 0. The van der Waals surface area contributed by atoms with E-state index in [0.717, 1.165) is 12.1 Å². The van der Waals surface area contributed by atoms with Gasteiger partial charge in [0.25, 0.3) is 0 Å². The quantitative estimate of drug-likeness (QED) is 0.668. The summed E-state index contributed by atoms with van der Waals surface area (Å²) in [5.41, 5.74) is 0. The number of nitrogens with one attached hydrogen (secondary N) is 1. The lowest BCUT2D eigenvalue weighted by Gasteiger charge is -2.08. The van der Waals surface area contributed by atoms with Gasteiger partial charge in [-0.05, 0) is 24.3 Å². The highest BCUT2D eigenvalue weighted by atomic mass is 19.1. The zero-order chi connectivity index (χ0) is 13.7. The van der Waals surface area contributed by atoms with E-state index in [1.54, 1.807) is 6.07 Å².